The first-order valence-electron chi connectivity index (χ1n) is 7.64. The molecule has 1 atom stereocenters. The smallest absolute Gasteiger partial charge is 0.259 e. The van der Waals surface area contributed by atoms with Gasteiger partial charge >= 0.3 is 0 Å². The van der Waals surface area contributed by atoms with Gasteiger partial charge in [0, 0.05) is 30.3 Å². The molecule has 4 nitrogen and oxygen atoms in total. The van der Waals surface area contributed by atoms with Gasteiger partial charge in [-0.1, -0.05) is 42.5 Å². The second-order valence-corrected chi connectivity index (χ2v) is 6.50. The van der Waals surface area contributed by atoms with Gasteiger partial charge in [-0.3, -0.25) is 9.59 Å². The fourth-order valence-electron chi connectivity index (χ4n) is 2.71. The van der Waals surface area contributed by atoms with Crippen molar-refractivity contribution in [1.82, 2.24) is 9.80 Å². The number of halogens is 1. The largest absolute Gasteiger partial charge is 0.319 e. The number of likely N-dealkylation sites (N-methyl/N-ethyl adjacent to an activating group) is 1. The monoisotopic (exact) mass is 384 g/mol. The van der Waals surface area contributed by atoms with Crippen LogP contribution < -0.4 is 0 Å². The highest BCUT2D eigenvalue weighted by Crippen LogP contribution is 2.23. The van der Waals surface area contributed by atoms with Crippen molar-refractivity contribution in [3.05, 3.63) is 82.6 Å². The fourth-order valence-corrected chi connectivity index (χ4v) is 3.16. The van der Waals surface area contributed by atoms with Gasteiger partial charge in [-0.05, 0) is 33.6 Å². The van der Waals surface area contributed by atoms with E-state index in [1.165, 1.54) is 9.80 Å². The van der Waals surface area contributed by atoms with Crippen LogP contribution in [0.3, 0.4) is 0 Å². The average molecular weight is 385 g/mol. The molecule has 0 spiro atoms. The van der Waals surface area contributed by atoms with Crippen LogP contribution in [0, 0.1) is 0 Å². The van der Waals surface area contributed by atoms with E-state index in [2.05, 4.69) is 15.9 Å². The van der Waals surface area contributed by atoms with Crippen LogP contribution in [-0.4, -0.2) is 34.7 Å². The van der Waals surface area contributed by atoms with Gasteiger partial charge in [-0.25, -0.2) is 0 Å². The van der Waals surface area contributed by atoms with Crippen molar-refractivity contribution in [2.45, 2.75) is 12.5 Å². The minimum Gasteiger partial charge on any atom is -0.319 e. The minimum atomic E-state index is -0.554. The lowest BCUT2D eigenvalue weighted by atomic mass is 10.0. The van der Waals surface area contributed by atoms with E-state index in [1.54, 1.807) is 25.5 Å². The van der Waals surface area contributed by atoms with E-state index in [1.807, 2.05) is 48.5 Å². The number of amides is 2. The third-order valence-corrected chi connectivity index (χ3v) is 4.72. The molecule has 0 aliphatic carbocycles. The molecule has 3 rings (SSSR count). The van der Waals surface area contributed by atoms with Gasteiger partial charge in [0.05, 0.1) is 5.56 Å². The maximum atomic E-state index is 12.9. The van der Waals surface area contributed by atoms with E-state index in [4.69, 9.17) is 0 Å². The SMILES string of the molecule is CN1C=CN(C(=O)c2ccccc2Br)[C@@H](Cc2ccccc2)C1=O. The Morgan fingerprint density at radius 3 is 2.42 bits per heavy atom. The average Bonchev–Trinajstić information content (AvgIpc) is 2.60. The van der Waals surface area contributed by atoms with E-state index < -0.39 is 6.04 Å². The Bertz CT molecular complexity index is 789. The lowest BCUT2D eigenvalue weighted by Gasteiger charge is -2.34. The van der Waals surface area contributed by atoms with E-state index in [9.17, 15) is 9.59 Å². The molecule has 0 saturated heterocycles. The predicted molar refractivity (Wildman–Crippen MR) is 96.2 cm³/mol. The quantitative estimate of drug-likeness (QED) is 0.812. The Balaban J connectivity index is 1.94. The second-order valence-electron chi connectivity index (χ2n) is 5.65. The maximum Gasteiger partial charge on any atom is 0.259 e. The number of carbonyl (C=O) groups excluding carboxylic acids is 2. The summed E-state index contributed by atoms with van der Waals surface area (Å²) in [6, 6.07) is 16.4. The van der Waals surface area contributed by atoms with E-state index in [0.717, 1.165) is 5.56 Å². The third-order valence-electron chi connectivity index (χ3n) is 4.03. The van der Waals surface area contributed by atoms with Crippen LogP contribution in [0.2, 0.25) is 0 Å². The van der Waals surface area contributed by atoms with E-state index in [-0.39, 0.29) is 11.8 Å². The van der Waals surface area contributed by atoms with Crippen LogP contribution in [-0.2, 0) is 11.2 Å². The Kier molecular flexibility index (Phi) is 4.81. The number of nitrogens with zero attached hydrogens (tertiary/aromatic N) is 2. The van der Waals surface area contributed by atoms with Crippen molar-refractivity contribution in [2.24, 2.45) is 0 Å². The molecule has 2 aromatic rings. The summed E-state index contributed by atoms with van der Waals surface area (Å²) in [5.74, 6) is -0.289. The van der Waals surface area contributed by atoms with Gasteiger partial charge in [-0.15, -0.1) is 0 Å². The van der Waals surface area contributed by atoms with E-state index in [0.29, 0.717) is 16.5 Å². The van der Waals surface area contributed by atoms with Crippen molar-refractivity contribution in [1.29, 1.82) is 0 Å². The van der Waals surface area contributed by atoms with Crippen LogP contribution in [0.15, 0.2) is 71.5 Å². The number of hydrogen-bond donors (Lipinski definition) is 0. The Hall–Kier alpha value is -2.40. The van der Waals surface area contributed by atoms with Gasteiger partial charge in [0.25, 0.3) is 5.91 Å². The molecule has 0 aromatic heterocycles. The molecule has 122 valence electrons. The highest BCUT2D eigenvalue weighted by molar-refractivity contribution is 9.10. The lowest BCUT2D eigenvalue weighted by Crippen LogP contribution is -2.50. The van der Waals surface area contributed by atoms with Crippen LogP contribution in [0.4, 0.5) is 0 Å². The molecule has 2 aromatic carbocycles. The highest BCUT2D eigenvalue weighted by atomic mass is 79.9. The molecule has 0 unspecified atom stereocenters. The molecule has 2 amide bonds. The molecule has 0 radical (unpaired) electrons. The Morgan fingerprint density at radius 1 is 1.04 bits per heavy atom. The molecule has 1 heterocycles. The van der Waals surface area contributed by atoms with Gasteiger partial charge in [-0.2, -0.15) is 0 Å². The molecule has 1 aliphatic rings. The number of hydrogen-bond acceptors (Lipinski definition) is 2. The molecule has 24 heavy (non-hydrogen) atoms. The summed E-state index contributed by atoms with van der Waals surface area (Å²) < 4.78 is 0.716. The maximum absolute atomic E-state index is 12.9. The lowest BCUT2D eigenvalue weighted by molar-refractivity contribution is -0.132. The molecular formula is C19H17BrN2O2. The van der Waals surface area contributed by atoms with Crippen LogP contribution in [0.25, 0.3) is 0 Å². The molecular weight excluding hydrogens is 368 g/mol. The zero-order valence-electron chi connectivity index (χ0n) is 13.2. The van der Waals surface area contributed by atoms with Gasteiger partial charge in [0.15, 0.2) is 0 Å². The van der Waals surface area contributed by atoms with Crippen molar-refractivity contribution in [3.8, 4) is 0 Å². The van der Waals surface area contributed by atoms with Crippen molar-refractivity contribution < 1.29 is 9.59 Å². The summed E-state index contributed by atoms with van der Waals surface area (Å²) in [7, 11) is 1.71. The first-order chi connectivity index (χ1) is 11.6. The third kappa shape index (κ3) is 3.26. The molecule has 0 bridgehead atoms. The van der Waals surface area contributed by atoms with E-state index >= 15 is 0 Å². The summed E-state index contributed by atoms with van der Waals surface area (Å²) in [6.45, 7) is 0. The molecule has 5 heteroatoms. The van der Waals surface area contributed by atoms with Crippen LogP contribution in [0.5, 0.6) is 0 Å². The van der Waals surface area contributed by atoms with Gasteiger partial charge in [0.2, 0.25) is 5.91 Å². The minimum absolute atomic E-state index is 0.0956. The normalized spacial score (nSPS) is 17.2. The number of benzene rings is 2. The molecule has 1 aliphatic heterocycles. The van der Waals surface area contributed by atoms with Crippen LogP contribution >= 0.6 is 15.9 Å². The summed E-state index contributed by atoms with van der Waals surface area (Å²) in [5, 5.41) is 0. The molecule has 0 saturated carbocycles. The standard InChI is InChI=1S/C19H17BrN2O2/c1-21-11-12-22(18(23)15-9-5-6-10-16(15)20)17(19(21)24)13-14-7-3-2-4-8-14/h2-12,17H,13H2,1H3/t17-/m0/s1. The Labute approximate surface area is 149 Å². The topological polar surface area (TPSA) is 40.6 Å². The first-order valence-corrected chi connectivity index (χ1v) is 8.43. The van der Waals surface area contributed by atoms with Gasteiger partial charge in [0.1, 0.15) is 6.04 Å². The van der Waals surface area contributed by atoms with Crippen molar-refractivity contribution in [3.63, 3.8) is 0 Å². The zero-order chi connectivity index (χ0) is 17.1. The summed E-state index contributed by atoms with van der Waals surface area (Å²) >= 11 is 3.41. The van der Waals surface area contributed by atoms with Crippen molar-refractivity contribution in [2.75, 3.05) is 7.05 Å². The van der Waals surface area contributed by atoms with Gasteiger partial charge < -0.3 is 9.80 Å². The summed E-state index contributed by atoms with van der Waals surface area (Å²) in [4.78, 5) is 28.6. The van der Waals surface area contributed by atoms with Crippen LogP contribution in [0.1, 0.15) is 15.9 Å². The summed E-state index contributed by atoms with van der Waals surface area (Å²) in [6.07, 6.45) is 3.78. The zero-order valence-corrected chi connectivity index (χ0v) is 14.8. The number of carbonyl (C=O) groups is 2. The Morgan fingerprint density at radius 2 is 1.71 bits per heavy atom. The second kappa shape index (κ2) is 7.01. The summed E-state index contributed by atoms with van der Waals surface area (Å²) in [5.41, 5.74) is 1.56. The first kappa shape index (κ1) is 16.5. The number of rotatable bonds is 3. The van der Waals surface area contributed by atoms with Crippen molar-refractivity contribution >= 4 is 27.7 Å². The molecule has 0 fully saturated rings. The highest BCUT2D eigenvalue weighted by Gasteiger charge is 2.34. The molecule has 0 N–H and O–H groups in total. The predicted octanol–water partition coefficient (Wildman–Crippen LogP) is 3.45. The fraction of sp³-hybridized carbons (Fsp3) is 0.158.